The second-order valence-corrected chi connectivity index (χ2v) is 3.08. The molecule has 0 fully saturated rings. The van der Waals surface area contributed by atoms with Crippen LogP contribution in [0.25, 0.3) is 0 Å². The minimum atomic E-state index is -1.24. The molecular formula is C7H15N3O3. The van der Waals surface area contributed by atoms with E-state index in [4.69, 9.17) is 16.6 Å². The lowest BCUT2D eigenvalue weighted by Crippen LogP contribution is -2.60. The summed E-state index contributed by atoms with van der Waals surface area (Å²) in [4.78, 5) is 21.1. The number of aliphatic carboxylic acids is 1. The number of carboxylic acid groups (broad SMARTS) is 1. The van der Waals surface area contributed by atoms with Crippen molar-refractivity contribution in [1.29, 1.82) is 0 Å². The summed E-state index contributed by atoms with van der Waals surface area (Å²) >= 11 is 0. The van der Waals surface area contributed by atoms with Crippen molar-refractivity contribution in [3.8, 4) is 0 Å². The maximum atomic E-state index is 11.0. The molecular weight excluding hydrogens is 174 g/mol. The van der Waals surface area contributed by atoms with Gasteiger partial charge in [-0.25, -0.2) is 0 Å². The molecule has 0 aliphatic rings. The van der Waals surface area contributed by atoms with Gasteiger partial charge in [-0.15, -0.1) is 0 Å². The highest BCUT2D eigenvalue weighted by molar-refractivity contribution is 5.77. The van der Waals surface area contributed by atoms with Crippen LogP contribution in [0.15, 0.2) is 0 Å². The Balaban J connectivity index is 3.59. The molecule has 6 N–H and O–H groups in total. The van der Waals surface area contributed by atoms with E-state index >= 15 is 0 Å². The third-order valence-corrected chi connectivity index (χ3v) is 1.20. The first-order valence-electron chi connectivity index (χ1n) is 3.92. The van der Waals surface area contributed by atoms with Gasteiger partial charge in [0.1, 0.15) is 5.79 Å². The average Bonchev–Trinajstić information content (AvgIpc) is 1.81. The molecule has 0 rings (SSSR count). The number of hydrogen-bond acceptors (Lipinski definition) is 4. The minimum Gasteiger partial charge on any atom is -0.481 e. The largest absolute Gasteiger partial charge is 0.481 e. The standard InChI is InChI=1S/C7H15N3O3/c1-7(8,9)10-5(11)3-2-4-6(12)13/h2-4,8-9H2,1H3,(H,10,11)(H,12,13). The van der Waals surface area contributed by atoms with Crippen molar-refractivity contribution in [2.24, 2.45) is 11.5 Å². The van der Waals surface area contributed by atoms with Gasteiger partial charge >= 0.3 is 5.97 Å². The first-order valence-corrected chi connectivity index (χ1v) is 3.92. The smallest absolute Gasteiger partial charge is 0.303 e. The third-order valence-electron chi connectivity index (χ3n) is 1.20. The van der Waals surface area contributed by atoms with E-state index in [1.165, 1.54) is 6.92 Å². The Morgan fingerprint density at radius 2 is 1.92 bits per heavy atom. The van der Waals surface area contributed by atoms with Crippen LogP contribution in [-0.2, 0) is 9.59 Å². The van der Waals surface area contributed by atoms with Crippen LogP contribution in [0.5, 0.6) is 0 Å². The molecule has 0 aromatic heterocycles. The highest BCUT2D eigenvalue weighted by Crippen LogP contribution is 1.95. The van der Waals surface area contributed by atoms with E-state index in [-0.39, 0.29) is 25.2 Å². The van der Waals surface area contributed by atoms with Crippen LogP contribution in [0.3, 0.4) is 0 Å². The number of carbonyl (C=O) groups is 2. The van der Waals surface area contributed by atoms with Crippen LogP contribution in [0.1, 0.15) is 26.2 Å². The van der Waals surface area contributed by atoms with E-state index in [0.29, 0.717) is 0 Å². The fourth-order valence-electron chi connectivity index (χ4n) is 0.763. The van der Waals surface area contributed by atoms with Crippen molar-refractivity contribution in [2.75, 3.05) is 0 Å². The molecule has 6 heteroatoms. The van der Waals surface area contributed by atoms with E-state index in [0.717, 1.165) is 0 Å². The molecule has 0 aliphatic carbocycles. The maximum Gasteiger partial charge on any atom is 0.303 e. The summed E-state index contributed by atoms with van der Waals surface area (Å²) in [6.07, 6.45) is 0.382. The summed E-state index contributed by atoms with van der Waals surface area (Å²) in [5.74, 6) is -2.50. The summed E-state index contributed by atoms with van der Waals surface area (Å²) in [5, 5.41) is 10.6. The average molecular weight is 189 g/mol. The molecule has 13 heavy (non-hydrogen) atoms. The van der Waals surface area contributed by atoms with Gasteiger partial charge < -0.3 is 10.4 Å². The summed E-state index contributed by atoms with van der Waals surface area (Å²) in [6, 6.07) is 0. The molecule has 0 saturated carbocycles. The highest BCUT2D eigenvalue weighted by Gasteiger charge is 2.14. The van der Waals surface area contributed by atoms with Crippen molar-refractivity contribution in [3.63, 3.8) is 0 Å². The van der Waals surface area contributed by atoms with E-state index in [1.807, 2.05) is 0 Å². The summed E-state index contributed by atoms with van der Waals surface area (Å²) < 4.78 is 0. The zero-order valence-electron chi connectivity index (χ0n) is 7.54. The SMILES string of the molecule is CC(N)(N)NC(=O)CCCC(=O)O. The molecule has 0 aliphatic heterocycles. The van der Waals surface area contributed by atoms with Crippen molar-refractivity contribution >= 4 is 11.9 Å². The Kier molecular flexibility index (Phi) is 4.36. The maximum absolute atomic E-state index is 11.0. The predicted octanol–water partition coefficient (Wildman–Crippen LogP) is -1.05. The van der Waals surface area contributed by atoms with Gasteiger partial charge in [0.15, 0.2) is 0 Å². The van der Waals surface area contributed by atoms with Crippen molar-refractivity contribution in [2.45, 2.75) is 32.0 Å². The molecule has 0 saturated heterocycles. The van der Waals surface area contributed by atoms with Crippen LogP contribution in [-0.4, -0.2) is 22.8 Å². The number of carbonyl (C=O) groups excluding carboxylic acids is 1. The van der Waals surface area contributed by atoms with Gasteiger partial charge in [-0.05, 0) is 13.3 Å². The second kappa shape index (κ2) is 4.78. The third kappa shape index (κ3) is 8.77. The summed E-state index contributed by atoms with van der Waals surface area (Å²) in [5.41, 5.74) is 10.6. The van der Waals surface area contributed by atoms with Gasteiger partial charge in [-0.1, -0.05) is 0 Å². The van der Waals surface area contributed by atoms with E-state index in [9.17, 15) is 9.59 Å². The van der Waals surface area contributed by atoms with Crippen LogP contribution < -0.4 is 16.8 Å². The zero-order valence-corrected chi connectivity index (χ0v) is 7.54. The normalized spacial score (nSPS) is 11.0. The molecule has 0 aromatic carbocycles. The Morgan fingerprint density at radius 1 is 1.38 bits per heavy atom. The number of carboxylic acids is 1. The Labute approximate surface area is 76.3 Å². The predicted molar refractivity (Wildman–Crippen MR) is 46.4 cm³/mol. The quantitative estimate of drug-likeness (QED) is 0.411. The molecule has 0 unspecified atom stereocenters. The lowest BCUT2D eigenvalue weighted by Gasteiger charge is -2.19. The number of nitrogens with two attached hydrogens (primary N) is 2. The first-order chi connectivity index (χ1) is 5.81. The van der Waals surface area contributed by atoms with Gasteiger partial charge in [0, 0.05) is 12.8 Å². The van der Waals surface area contributed by atoms with Crippen molar-refractivity contribution in [1.82, 2.24) is 5.32 Å². The Bertz CT molecular complexity index is 198. The summed E-state index contributed by atoms with van der Waals surface area (Å²) in [6.45, 7) is 1.45. The fourth-order valence-corrected chi connectivity index (χ4v) is 0.763. The van der Waals surface area contributed by atoms with Crippen LogP contribution in [0, 0.1) is 0 Å². The van der Waals surface area contributed by atoms with Gasteiger partial charge in [0.2, 0.25) is 5.91 Å². The molecule has 6 nitrogen and oxygen atoms in total. The molecule has 1 amide bonds. The van der Waals surface area contributed by atoms with Crippen LogP contribution in [0.2, 0.25) is 0 Å². The van der Waals surface area contributed by atoms with Gasteiger partial charge in [-0.2, -0.15) is 0 Å². The highest BCUT2D eigenvalue weighted by atomic mass is 16.4. The molecule has 0 heterocycles. The zero-order chi connectivity index (χ0) is 10.5. The topological polar surface area (TPSA) is 118 Å². The van der Waals surface area contributed by atoms with E-state index in [1.54, 1.807) is 0 Å². The van der Waals surface area contributed by atoms with Crippen molar-refractivity contribution < 1.29 is 14.7 Å². The van der Waals surface area contributed by atoms with Gasteiger partial charge in [0.05, 0.1) is 0 Å². The lowest BCUT2D eigenvalue weighted by atomic mass is 10.2. The number of nitrogens with one attached hydrogen (secondary N) is 1. The number of rotatable bonds is 5. The lowest BCUT2D eigenvalue weighted by molar-refractivity contribution is -0.137. The molecule has 0 radical (unpaired) electrons. The molecule has 0 atom stereocenters. The Hall–Kier alpha value is -1.14. The van der Waals surface area contributed by atoms with E-state index < -0.39 is 11.8 Å². The van der Waals surface area contributed by atoms with Gasteiger partial charge in [-0.3, -0.25) is 21.1 Å². The molecule has 0 spiro atoms. The number of amides is 1. The van der Waals surface area contributed by atoms with Crippen molar-refractivity contribution in [3.05, 3.63) is 0 Å². The number of hydrogen-bond donors (Lipinski definition) is 4. The fraction of sp³-hybridized carbons (Fsp3) is 0.714. The monoisotopic (exact) mass is 189 g/mol. The van der Waals surface area contributed by atoms with Crippen LogP contribution >= 0.6 is 0 Å². The minimum absolute atomic E-state index is 0.0285. The van der Waals surface area contributed by atoms with E-state index in [2.05, 4.69) is 5.32 Å². The van der Waals surface area contributed by atoms with Gasteiger partial charge in [0.25, 0.3) is 0 Å². The molecule has 76 valence electrons. The molecule has 0 aromatic rings. The van der Waals surface area contributed by atoms with Crippen LogP contribution in [0.4, 0.5) is 0 Å². The summed E-state index contributed by atoms with van der Waals surface area (Å²) in [7, 11) is 0. The Morgan fingerprint density at radius 3 is 2.31 bits per heavy atom. The molecule has 0 bridgehead atoms. The first kappa shape index (κ1) is 11.9. The second-order valence-electron chi connectivity index (χ2n) is 3.08.